The predicted molar refractivity (Wildman–Crippen MR) is 52.8 cm³/mol. The van der Waals surface area contributed by atoms with Gasteiger partial charge in [-0.1, -0.05) is 25.3 Å². The summed E-state index contributed by atoms with van der Waals surface area (Å²) < 4.78 is 0. The molecule has 0 radical (unpaired) electrons. The Balaban J connectivity index is 4.80. The molecule has 0 fully saturated rings. The second-order valence-corrected chi connectivity index (χ2v) is 2.41. The molecule has 0 amide bonds. The molecule has 0 bridgehead atoms. The van der Waals surface area contributed by atoms with Gasteiger partial charge in [0.15, 0.2) is 6.10 Å². The number of aliphatic carboxylic acids is 1. The molecule has 0 aliphatic carbocycles. The topological polar surface area (TPSA) is 77.8 Å². The number of carboxylic acid groups (broad SMARTS) is 1. The maximum absolute atomic E-state index is 10.4. The fraction of sp³-hybridized carbons (Fsp3) is 0.100. The van der Waals surface area contributed by atoms with Gasteiger partial charge in [0.05, 0.1) is 0 Å². The van der Waals surface area contributed by atoms with Crippen LogP contribution in [-0.4, -0.2) is 27.4 Å². The average Bonchev–Trinajstić information content (AvgIpc) is 2.17. The number of hydrogen-bond donors (Lipinski definition) is 3. The maximum Gasteiger partial charge on any atom is 0.337 e. The molecule has 0 saturated heterocycles. The second-order valence-electron chi connectivity index (χ2n) is 2.41. The van der Waals surface area contributed by atoms with Crippen molar-refractivity contribution in [2.75, 3.05) is 0 Å². The zero-order valence-electron chi connectivity index (χ0n) is 7.55. The fourth-order valence-electron chi connectivity index (χ4n) is 0.663. The number of rotatable bonds is 5. The van der Waals surface area contributed by atoms with Gasteiger partial charge >= 0.3 is 5.97 Å². The summed E-state index contributed by atoms with van der Waals surface area (Å²) >= 11 is 0. The first kappa shape index (κ1) is 12.2. The summed E-state index contributed by atoms with van der Waals surface area (Å²) in [5.41, 5.74) is 0.0888. The quantitative estimate of drug-likeness (QED) is 0.455. The molecule has 0 aliphatic rings. The van der Waals surface area contributed by atoms with Gasteiger partial charge < -0.3 is 15.3 Å². The van der Waals surface area contributed by atoms with Crippen LogP contribution < -0.4 is 0 Å². The molecule has 76 valence electrons. The van der Waals surface area contributed by atoms with Crippen LogP contribution in [0.3, 0.4) is 0 Å². The van der Waals surface area contributed by atoms with Crippen molar-refractivity contribution >= 4 is 5.97 Å². The third-order valence-electron chi connectivity index (χ3n) is 1.44. The summed E-state index contributed by atoms with van der Waals surface area (Å²) in [5, 5.41) is 26.5. The predicted octanol–water partition coefficient (Wildman–Crippen LogP) is 1.17. The van der Waals surface area contributed by atoms with Gasteiger partial charge in [-0.25, -0.2) is 4.79 Å². The molecule has 0 aliphatic heterocycles. The highest BCUT2D eigenvalue weighted by molar-refractivity contribution is 5.76. The van der Waals surface area contributed by atoms with Crippen molar-refractivity contribution in [2.24, 2.45) is 0 Å². The van der Waals surface area contributed by atoms with E-state index in [0.29, 0.717) is 0 Å². The number of hydrogen-bond acceptors (Lipinski definition) is 3. The van der Waals surface area contributed by atoms with E-state index in [2.05, 4.69) is 13.2 Å². The van der Waals surface area contributed by atoms with E-state index in [-0.39, 0.29) is 11.3 Å². The lowest BCUT2D eigenvalue weighted by molar-refractivity contribution is -0.144. The van der Waals surface area contributed by atoms with Gasteiger partial charge in [0.2, 0.25) is 0 Å². The van der Waals surface area contributed by atoms with Crippen molar-refractivity contribution in [1.29, 1.82) is 0 Å². The van der Waals surface area contributed by atoms with Crippen molar-refractivity contribution in [1.82, 2.24) is 0 Å². The highest BCUT2D eigenvalue weighted by atomic mass is 16.4. The summed E-state index contributed by atoms with van der Waals surface area (Å²) in [6.45, 7) is 6.63. The monoisotopic (exact) mass is 196 g/mol. The minimum atomic E-state index is -1.64. The molecule has 0 aromatic heterocycles. The smallest absolute Gasteiger partial charge is 0.337 e. The van der Waals surface area contributed by atoms with E-state index in [1.807, 2.05) is 0 Å². The first-order valence-corrected chi connectivity index (χ1v) is 3.79. The maximum atomic E-state index is 10.4. The Morgan fingerprint density at radius 3 is 2.07 bits per heavy atom. The van der Waals surface area contributed by atoms with E-state index >= 15 is 0 Å². The number of aliphatic hydroxyl groups is 2. The minimum absolute atomic E-state index is 0.0888. The standard InChI is InChI=1S/C10H12O4/c1-3-7(9(12)10(13)14)5-6-8(11)4-2/h3-6,9,11-12H,1-2H2,(H,13,14)/b7-5+,8-6+. The van der Waals surface area contributed by atoms with E-state index in [1.54, 1.807) is 0 Å². The molecule has 4 heteroatoms. The zero-order valence-corrected chi connectivity index (χ0v) is 7.55. The van der Waals surface area contributed by atoms with E-state index in [0.717, 1.165) is 0 Å². The van der Waals surface area contributed by atoms with Crippen LogP contribution in [0.4, 0.5) is 0 Å². The Morgan fingerprint density at radius 2 is 1.71 bits per heavy atom. The Labute approximate surface area is 81.8 Å². The van der Waals surface area contributed by atoms with Crippen LogP contribution in [0.1, 0.15) is 0 Å². The normalized spacial score (nSPS) is 14.6. The Hall–Kier alpha value is -1.81. The Bertz CT molecular complexity index is 299. The molecule has 0 spiro atoms. The molecule has 1 unspecified atom stereocenters. The van der Waals surface area contributed by atoms with Crippen LogP contribution in [0.2, 0.25) is 0 Å². The molecular weight excluding hydrogens is 184 g/mol. The highest BCUT2D eigenvalue weighted by Crippen LogP contribution is 2.05. The van der Waals surface area contributed by atoms with Crippen LogP contribution in [0.15, 0.2) is 48.8 Å². The van der Waals surface area contributed by atoms with Gasteiger partial charge in [0.1, 0.15) is 5.76 Å². The minimum Gasteiger partial charge on any atom is -0.508 e. The Kier molecular flexibility index (Phi) is 5.02. The van der Waals surface area contributed by atoms with Crippen molar-refractivity contribution < 1.29 is 20.1 Å². The summed E-state index contributed by atoms with van der Waals surface area (Å²) in [6, 6.07) is 0. The lowest BCUT2D eigenvalue weighted by Gasteiger charge is -2.04. The second kappa shape index (κ2) is 5.77. The molecular formula is C10H12O4. The van der Waals surface area contributed by atoms with Crippen LogP contribution in [0, 0.1) is 0 Å². The lowest BCUT2D eigenvalue weighted by Crippen LogP contribution is -2.20. The number of aliphatic hydroxyl groups excluding tert-OH is 2. The van der Waals surface area contributed by atoms with Crippen LogP contribution in [0.5, 0.6) is 0 Å². The van der Waals surface area contributed by atoms with Crippen molar-refractivity contribution in [3.05, 3.63) is 48.8 Å². The Morgan fingerprint density at radius 1 is 1.14 bits per heavy atom. The summed E-state index contributed by atoms with van der Waals surface area (Å²) in [5.74, 6) is -1.50. The van der Waals surface area contributed by atoms with Crippen molar-refractivity contribution in [3.8, 4) is 0 Å². The third kappa shape index (κ3) is 3.73. The first-order chi connectivity index (χ1) is 6.52. The summed E-state index contributed by atoms with van der Waals surface area (Å²) in [4.78, 5) is 10.4. The number of carbonyl (C=O) groups is 1. The van der Waals surface area contributed by atoms with E-state index < -0.39 is 12.1 Å². The molecule has 0 aromatic carbocycles. The van der Waals surface area contributed by atoms with Crippen LogP contribution >= 0.6 is 0 Å². The van der Waals surface area contributed by atoms with Crippen molar-refractivity contribution in [2.45, 2.75) is 6.10 Å². The SMILES string of the molecule is C=C/C(O)=C\C=C(/C=C)C(O)C(=O)O. The first-order valence-electron chi connectivity index (χ1n) is 3.79. The molecule has 0 saturated carbocycles. The van der Waals surface area contributed by atoms with Crippen LogP contribution in [-0.2, 0) is 4.79 Å². The van der Waals surface area contributed by atoms with E-state index in [9.17, 15) is 4.79 Å². The fourth-order valence-corrected chi connectivity index (χ4v) is 0.663. The van der Waals surface area contributed by atoms with E-state index in [1.165, 1.54) is 24.3 Å². The summed E-state index contributed by atoms with van der Waals surface area (Å²) in [7, 11) is 0. The molecule has 4 nitrogen and oxygen atoms in total. The molecule has 0 rings (SSSR count). The van der Waals surface area contributed by atoms with E-state index in [4.69, 9.17) is 15.3 Å². The van der Waals surface area contributed by atoms with Gasteiger partial charge in [-0.15, -0.1) is 0 Å². The highest BCUT2D eigenvalue weighted by Gasteiger charge is 2.15. The number of allylic oxidation sites excluding steroid dienone is 3. The van der Waals surface area contributed by atoms with Crippen LogP contribution in [0.25, 0.3) is 0 Å². The molecule has 14 heavy (non-hydrogen) atoms. The molecule has 0 aromatic rings. The largest absolute Gasteiger partial charge is 0.508 e. The lowest BCUT2D eigenvalue weighted by atomic mass is 10.1. The van der Waals surface area contributed by atoms with Gasteiger partial charge in [-0.3, -0.25) is 0 Å². The average molecular weight is 196 g/mol. The van der Waals surface area contributed by atoms with Gasteiger partial charge in [-0.2, -0.15) is 0 Å². The number of carboxylic acids is 1. The van der Waals surface area contributed by atoms with Gasteiger partial charge in [0.25, 0.3) is 0 Å². The van der Waals surface area contributed by atoms with Gasteiger partial charge in [-0.05, 0) is 17.7 Å². The zero-order chi connectivity index (χ0) is 11.1. The summed E-state index contributed by atoms with van der Waals surface area (Å²) in [6.07, 6.45) is 3.22. The van der Waals surface area contributed by atoms with Crippen molar-refractivity contribution in [3.63, 3.8) is 0 Å². The molecule has 1 atom stereocenters. The van der Waals surface area contributed by atoms with Gasteiger partial charge in [0, 0.05) is 0 Å². The molecule has 0 heterocycles. The third-order valence-corrected chi connectivity index (χ3v) is 1.44. The molecule has 3 N–H and O–H groups in total.